The first-order chi connectivity index (χ1) is 10.3. The summed E-state index contributed by atoms with van der Waals surface area (Å²) in [4.78, 5) is 5.89. The Bertz CT molecular complexity index is 587. The number of hydrogen-bond donors (Lipinski definition) is 2. The van der Waals surface area contributed by atoms with E-state index >= 15 is 0 Å². The van der Waals surface area contributed by atoms with Gasteiger partial charge in [-0.1, -0.05) is 42.6 Å². The molecule has 2 aromatic rings. The summed E-state index contributed by atoms with van der Waals surface area (Å²) in [6, 6.07) is 8.98. The largest absolute Gasteiger partial charge is 0.356 e. The van der Waals surface area contributed by atoms with Crippen LogP contribution in [-0.2, 0) is 6.54 Å². The van der Waals surface area contributed by atoms with E-state index in [1.165, 1.54) is 25.7 Å². The predicted octanol–water partition coefficient (Wildman–Crippen LogP) is 3.79. The summed E-state index contributed by atoms with van der Waals surface area (Å²) in [5, 5.41) is 5.46. The number of benzene rings is 1. The minimum absolute atomic E-state index is 0.795. The van der Waals surface area contributed by atoms with Gasteiger partial charge < -0.3 is 15.2 Å². The van der Waals surface area contributed by atoms with E-state index in [0.717, 1.165) is 47.3 Å². The first-order valence-electron chi connectivity index (χ1n) is 7.92. The number of rotatable bonds is 6. The van der Waals surface area contributed by atoms with Crippen molar-refractivity contribution in [3.63, 3.8) is 0 Å². The molecule has 0 aliphatic heterocycles. The van der Waals surface area contributed by atoms with Crippen LogP contribution in [0.2, 0.25) is 5.02 Å². The number of likely N-dealkylation sites (N-methyl/N-ethyl adjacent to an activating group) is 1. The molecule has 4 heteroatoms. The lowest BCUT2D eigenvalue weighted by Crippen LogP contribution is -2.35. The lowest BCUT2D eigenvalue weighted by Gasteiger charge is -2.23. The quantitative estimate of drug-likeness (QED) is 0.796. The van der Waals surface area contributed by atoms with E-state index in [9.17, 15) is 0 Å². The summed E-state index contributed by atoms with van der Waals surface area (Å²) in [5.41, 5.74) is 2.20. The second-order valence-corrected chi connectivity index (χ2v) is 6.44. The highest BCUT2D eigenvalue weighted by Gasteiger charge is 2.18. The molecule has 2 N–H and O–H groups in total. The highest BCUT2D eigenvalue weighted by Crippen LogP contribution is 2.27. The third kappa shape index (κ3) is 3.42. The van der Waals surface area contributed by atoms with Gasteiger partial charge in [-0.2, -0.15) is 0 Å². The molecule has 1 aromatic heterocycles. The van der Waals surface area contributed by atoms with Crippen LogP contribution in [-0.4, -0.2) is 36.1 Å². The van der Waals surface area contributed by atoms with Crippen LogP contribution in [0.25, 0.3) is 10.9 Å². The van der Waals surface area contributed by atoms with Gasteiger partial charge in [-0.25, -0.2) is 0 Å². The highest BCUT2D eigenvalue weighted by atomic mass is 35.5. The SMILES string of the molecule is CN(CCNCc1[nH]c2ccccc2c1Cl)C1CCCC1. The fourth-order valence-corrected chi connectivity index (χ4v) is 3.56. The average Bonchev–Trinajstić information content (AvgIpc) is 3.13. The van der Waals surface area contributed by atoms with Crippen LogP contribution in [0, 0.1) is 0 Å². The van der Waals surface area contributed by atoms with E-state index in [2.05, 4.69) is 34.4 Å². The third-order valence-electron chi connectivity index (χ3n) is 4.61. The van der Waals surface area contributed by atoms with E-state index in [0.29, 0.717) is 0 Å². The summed E-state index contributed by atoms with van der Waals surface area (Å²) < 4.78 is 0. The Kier molecular flexibility index (Phi) is 4.84. The van der Waals surface area contributed by atoms with E-state index in [1.807, 2.05) is 12.1 Å². The van der Waals surface area contributed by atoms with E-state index in [-0.39, 0.29) is 0 Å². The highest BCUT2D eigenvalue weighted by molar-refractivity contribution is 6.36. The average molecular weight is 306 g/mol. The standard InChI is InChI=1S/C17H24ClN3/c1-21(13-6-2-3-7-13)11-10-19-12-16-17(18)14-8-4-5-9-15(14)20-16/h4-5,8-9,13,19-20H,2-3,6-7,10-12H2,1H3. The van der Waals surface area contributed by atoms with Crippen LogP contribution >= 0.6 is 11.6 Å². The first-order valence-corrected chi connectivity index (χ1v) is 8.29. The molecule has 3 nitrogen and oxygen atoms in total. The normalized spacial score (nSPS) is 16.3. The van der Waals surface area contributed by atoms with Gasteiger partial charge in [0.25, 0.3) is 0 Å². The zero-order valence-corrected chi connectivity index (χ0v) is 13.4. The Morgan fingerprint density at radius 3 is 2.81 bits per heavy atom. The summed E-state index contributed by atoms with van der Waals surface area (Å²) in [7, 11) is 2.24. The number of fused-ring (bicyclic) bond motifs is 1. The molecule has 0 bridgehead atoms. The number of aromatic amines is 1. The zero-order chi connectivity index (χ0) is 14.7. The van der Waals surface area contributed by atoms with Gasteiger partial charge in [0, 0.05) is 42.3 Å². The molecule has 1 aromatic carbocycles. The van der Waals surface area contributed by atoms with Gasteiger partial charge in [-0.3, -0.25) is 0 Å². The van der Waals surface area contributed by atoms with E-state index < -0.39 is 0 Å². The Hall–Kier alpha value is -1.03. The van der Waals surface area contributed by atoms with Crippen molar-refractivity contribution in [1.29, 1.82) is 0 Å². The maximum atomic E-state index is 6.42. The molecule has 1 saturated carbocycles. The summed E-state index contributed by atoms with van der Waals surface area (Å²) >= 11 is 6.42. The molecule has 1 aliphatic rings. The number of halogens is 1. The fraction of sp³-hybridized carbons (Fsp3) is 0.529. The number of aromatic nitrogens is 1. The van der Waals surface area contributed by atoms with Gasteiger partial charge in [0.2, 0.25) is 0 Å². The lowest BCUT2D eigenvalue weighted by molar-refractivity contribution is 0.245. The molecule has 1 aliphatic carbocycles. The molecular weight excluding hydrogens is 282 g/mol. The molecule has 114 valence electrons. The Labute approximate surface area is 131 Å². The molecule has 3 rings (SSSR count). The van der Waals surface area contributed by atoms with Gasteiger partial charge in [-0.05, 0) is 26.0 Å². The molecule has 0 amide bonds. The predicted molar refractivity (Wildman–Crippen MR) is 89.9 cm³/mol. The van der Waals surface area contributed by atoms with Crippen molar-refractivity contribution in [2.75, 3.05) is 20.1 Å². The van der Waals surface area contributed by atoms with Crippen molar-refractivity contribution >= 4 is 22.5 Å². The smallest absolute Gasteiger partial charge is 0.0705 e. The number of H-pyrrole nitrogens is 1. The summed E-state index contributed by atoms with van der Waals surface area (Å²) in [6.45, 7) is 2.90. The van der Waals surface area contributed by atoms with Gasteiger partial charge in [0.15, 0.2) is 0 Å². The van der Waals surface area contributed by atoms with Crippen molar-refractivity contribution in [3.05, 3.63) is 35.0 Å². The molecule has 1 fully saturated rings. The molecule has 0 radical (unpaired) electrons. The fourth-order valence-electron chi connectivity index (χ4n) is 3.28. The number of hydrogen-bond acceptors (Lipinski definition) is 2. The maximum Gasteiger partial charge on any atom is 0.0705 e. The van der Waals surface area contributed by atoms with Crippen LogP contribution in [0.3, 0.4) is 0 Å². The van der Waals surface area contributed by atoms with Crippen LogP contribution in [0.1, 0.15) is 31.4 Å². The van der Waals surface area contributed by atoms with Crippen molar-refractivity contribution in [1.82, 2.24) is 15.2 Å². The number of nitrogens with one attached hydrogen (secondary N) is 2. The van der Waals surface area contributed by atoms with Crippen molar-refractivity contribution in [3.8, 4) is 0 Å². The Balaban J connectivity index is 1.49. The summed E-state index contributed by atoms with van der Waals surface area (Å²) in [5.74, 6) is 0. The first kappa shape index (κ1) is 14.9. The number of nitrogens with zero attached hydrogens (tertiary/aromatic N) is 1. The van der Waals surface area contributed by atoms with Crippen LogP contribution < -0.4 is 5.32 Å². The molecule has 0 unspecified atom stereocenters. The van der Waals surface area contributed by atoms with Crippen LogP contribution in [0.4, 0.5) is 0 Å². The monoisotopic (exact) mass is 305 g/mol. The second-order valence-electron chi connectivity index (χ2n) is 6.06. The molecule has 0 atom stereocenters. The molecule has 0 saturated heterocycles. The van der Waals surface area contributed by atoms with Crippen molar-refractivity contribution in [2.24, 2.45) is 0 Å². The van der Waals surface area contributed by atoms with Crippen molar-refractivity contribution in [2.45, 2.75) is 38.3 Å². The topological polar surface area (TPSA) is 31.1 Å². The third-order valence-corrected chi connectivity index (χ3v) is 5.04. The molecule has 0 spiro atoms. The lowest BCUT2D eigenvalue weighted by atomic mass is 10.2. The van der Waals surface area contributed by atoms with Crippen molar-refractivity contribution < 1.29 is 0 Å². The second kappa shape index (κ2) is 6.82. The molecular formula is C17H24ClN3. The minimum Gasteiger partial charge on any atom is -0.356 e. The molecule has 21 heavy (non-hydrogen) atoms. The van der Waals surface area contributed by atoms with Gasteiger partial charge in [-0.15, -0.1) is 0 Å². The number of para-hydroxylation sites is 1. The minimum atomic E-state index is 0.795. The Morgan fingerprint density at radius 1 is 1.29 bits per heavy atom. The van der Waals surface area contributed by atoms with Gasteiger partial charge >= 0.3 is 0 Å². The molecule has 1 heterocycles. The van der Waals surface area contributed by atoms with Gasteiger partial charge in [0.1, 0.15) is 0 Å². The van der Waals surface area contributed by atoms with Gasteiger partial charge in [0.05, 0.1) is 5.02 Å². The van der Waals surface area contributed by atoms with Crippen LogP contribution in [0.15, 0.2) is 24.3 Å². The Morgan fingerprint density at radius 2 is 2.05 bits per heavy atom. The maximum absolute atomic E-state index is 6.42. The van der Waals surface area contributed by atoms with Crippen LogP contribution in [0.5, 0.6) is 0 Å². The van der Waals surface area contributed by atoms with E-state index in [1.54, 1.807) is 0 Å². The van der Waals surface area contributed by atoms with E-state index in [4.69, 9.17) is 11.6 Å². The zero-order valence-electron chi connectivity index (χ0n) is 12.7. The summed E-state index contributed by atoms with van der Waals surface area (Å²) in [6.07, 6.45) is 5.52.